The molecule has 148 valence electrons. The van der Waals surface area contributed by atoms with Crippen LogP contribution < -0.4 is 11.2 Å². The molecule has 3 aromatic rings. The van der Waals surface area contributed by atoms with Gasteiger partial charge in [-0.1, -0.05) is 20.8 Å². The van der Waals surface area contributed by atoms with Gasteiger partial charge in [0.25, 0.3) is 5.56 Å². The molecule has 0 saturated heterocycles. The molecule has 2 aromatic heterocycles. The molecule has 0 atom stereocenters. The lowest BCUT2D eigenvalue weighted by Crippen LogP contribution is -2.40. The van der Waals surface area contributed by atoms with Gasteiger partial charge in [0.2, 0.25) is 0 Å². The molecule has 0 fully saturated rings. The molecule has 0 spiro atoms. The summed E-state index contributed by atoms with van der Waals surface area (Å²) < 4.78 is 44.9. The molecule has 6 nitrogen and oxygen atoms in total. The average molecular weight is 411 g/mol. The van der Waals surface area contributed by atoms with E-state index in [2.05, 4.69) is 4.37 Å². The van der Waals surface area contributed by atoms with E-state index in [1.54, 1.807) is 26.8 Å². The van der Waals surface area contributed by atoms with E-state index in [0.29, 0.717) is 25.3 Å². The van der Waals surface area contributed by atoms with Gasteiger partial charge in [0.15, 0.2) is 5.78 Å². The minimum Gasteiger partial charge on any atom is -0.292 e. The third kappa shape index (κ3) is 3.28. The molecule has 0 saturated carbocycles. The molecule has 28 heavy (non-hydrogen) atoms. The van der Waals surface area contributed by atoms with Crippen molar-refractivity contribution in [1.82, 2.24) is 13.5 Å². The average Bonchev–Trinajstić information content (AvgIpc) is 2.98. The van der Waals surface area contributed by atoms with Crippen molar-refractivity contribution in [3.05, 3.63) is 56.5 Å². The summed E-state index contributed by atoms with van der Waals surface area (Å²) in [5, 5.41) is 0.441. The normalized spacial score (nSPS) is 12.5. The summed E-state index contributed by atoms with van der Waals surface area (Å²) in [5.41, 5.74) is -4.01. The lowest BCUT2D eigenvalue weighted by Gasteiger charge is -2.15. The molecule has 0 aliphatic heterocycles. The molecule has 0 unspecified atom stereocenters. The van der Waals surface area contributed by atoms with Gasteiger partial charge >= 0.3 is 11.9 Å². The highest BCUT2D eigenvalue weighted by atomic mass is 32.1. The predicted octanol–water partition coefficient (Wildman–Crippen LogP) is 3.39. The summed E-state index contributed by atoms with van der Waals surface area (Å²) in [5.74, 6) is -0.219. The Hall–Kier alpha value is -2.75. The van der Waals surface area contributed by atoms with Gasteiger partial charge in [-0.25, -0.2) is 9.36 Å². The first-order chi connectivity index (χ1) is 12.8. The summed E-state index contributed by atoms with van der Waals surface area (Å²) in [7, 11) is 0.945. The second-order valence-electron chi connectivity index (χ2n) is 7.33. The zero-order valence-electron chi connectivity index (χ0n) is 15.4. The quantitative estimate of drug-likeness (QED) is 0.606. The maximum Gasteiger partial charge on any atom is 0.431 e. The number of ketones is 1. The van der Waals surface area contributed by atoms with Crippen LogP contribution in [-0.4, -0.2) is 19.3 Å². The van der Waals surface area contributed by atoms with Crippen LogP contribution in [0.5, 0.6) is 0 Å². The SMILES string of the molecule is Cn1c(C(F)(F)F)cc(=O)n(-c2ccc3snc(C(=O)C(C)(C)C)c3c2)c1=O. The fourth-order valence-electron chi connectivity index (χ4n) is 2.72. The standard InChI is InChI=1S/C18H16F3N3O3S/c1-17(2,3)15(26)14-10-7-9(5-6-11(10)28-22-14)24-13(25)8-12(18(19,20)21)23(4)16(24)27/h5-8H,1-4H3. The van der Waals surface area contributed by atoms with E-state index in [1.807, 2.05) is 0 Å². The van der Waals surface area contributed by atoms with E-state index in [1.165, 1.54) is 12.1 Å². The van der Waals surface area contributed by atoms with Gasteiger partial charge in [0.05, 0.1) is 10.4 Å². The van der Waals surface area contributed by atoms with Crippen molar-refractivity contribution in [3.8, 4) is 5.69 Å². The van der Waals surface area contributed by atoms with Crippen molar-refractivity contribution in [1.29, 1.82) is 0 Å². The van der Waals surface area contributed by atoms with E-state index < -0.39 is 28.5 Å². The zero-order valence-corrected chi connectivity index (χ0v) is 16.2. The van der Waals surface area contributed by atoms with Gasteiger partial charge in [0, 0.05) is 23.9 Å². The minimum absolute atomic E-state index is 0.0648. The molecule has 0 aliphatic carbocycles. The number of halogens is 3. The van der Waals surface area contributed by atoms with Crippen LogP contribution in [-0.2, 0) is 13.2 Å². The Labute approximate surface area is 161 Å². The highest BCUT2D eigenvalue weighted by Gasteiger charge is 2.35. The van der Waals surface area contributed by atoms with Crippen molar-refractivity contribution < 1.29 is 18.0 Å². The van der Waals surface area contributed by atoms with Crippen LogP contribution in [0, 0.1) is 5.41 Å². The van der Waals surface area contributed by atoms with E-state index >= 15 is 0 Å². The Morgan fingerprint density at radius 3 is 2.32 bits per heavy atom. The first-order valence-corrected chi connectivity index (χ1v) is 8.94. The number of alkyl halides is 3. The second kappa shape index (κ2) is 6.40. The molecule has 10 heteroatoms. The summed E-state index contributed by atoms with van der Waals surface area (Å²) in [6, 6.07) is 4.81. The van der Waals surface area contributed by atoms with Gasteiger partial charge in [-0.3, -0.25) is 14.2 Å². The van der Waals surface area contributed by atoms with E-state index in [4.69, 9.17) is 0 Å². The fourth-order valence-corrected chi connectivity index (χ4v) is 3.47. The number of carbonyl (C=O) groups excluding carboxylic acids is 1. The lowest BCUT2D eigenvalue weighted by molar-refractivity contribution is -0.144. The molecular weight excluding hydrogens is 395 g/mol. The van der Waals surface area contributed by atoms with Gasteiger partial charge in [-0.2, -0.15) is 17.5 Å². The van der Waals surface area contributed by atoms with Crippen molar-refractivity contribution in [3.63, 3.8) is 0 Å². The van der Waals surface area contributed by atoms with Crippen molar-refractivity contribution >= 4 is 27.4 Å². The van der Waals surface area contributed by atoms with Gasteiger partial charge < -0.3 is 0 Å². The fraction of sp³-hybridized carbons (Fsp3) is 0.333. The summed E-state index contributed by atoms with van der Waals surface area (Å²) in [6.07, 6.45) is -4.83. The van der Waals surface area contributed by atoms with E-state index in [0.717, 1.165) is 18.6 Å². The Balaban J connectivity index is 2.26. The number of hydrogen-bond donors (Lipinski definition) is 0. The van der Waals surface area contributed by atoms with Crippen LogP contribution in [0.3, 0.4) is 0 Å². The first kappa shape index (κ1) is 20.0. The summed E-state index contributed by atoms with van der Waals surface area (Å²) in [4.78, 5) is 37.4. The number of fused-ring (bicyclic) bond motifs is 1. The van der Waals surface area contributed by atoms with E-state index in [-0.39, 0.29) is 17.2 Å². The predicted molar refractivity (Wildman–Crippen MR) is 99.2 cm³/mol. The van der Waals surface area contributed by atoms with Crippen molar-refractivity contribution in [2.24, 2.45) is 12.5 Å². The Morgan fingerprint density at radius 1 is 1.11 bits per heavy atom. The monoisotopic (exact) mass is 411 g/mol. The molecule has 0 radical (unpaired) electrons. The molecular formula is C18H16F3N3O3S. The lowest BCUT2D eigenvalue weighted by atomic mass is 9.88. The number of Topliss-reactive ketones (excluding diaryl/α,β-unsaturated/α-hetero) is 1. The number of rotatable bonds is 2. The van der Waals surface area contributed by atoms with Crippen molar-refractivity contribution in [2.45, 2.75) is 26.9 Å². The van der Waals surface area contributed by atoms with Crippen LogP contribution >= 0.6 is 11.5 Å². The highest BCUT2D eigenvalue weighted by Crippen LogP contribution is 2.30. The Bertz CT molecular complexity index is 1210. The zero-order chi connectivity index (χ0) is 21.0. The van der Waals surface area contributed by atoms with Gasteiger partial charge in [-0.05, 0) is 29.7 Å². The second-order valence-corrected chi connectivity index (χ2v) is 8.14. The first-order valence-electron chi connectivity index (χ1n) is 8.17. The molecule has 2 heterocycles. The smallest absolute Gasteiger partial charge is 0.292 e. The number of nitrogens with zero attached hydrogens (tertiary/aromatic N) is 3. The summed E-state index contributed by atoms with van der Waals surface area (Å²) >= 11 is 1.09. The minimum atomic E-state index is -4.83. The molecule has 0 bridgehead atoms. The largest absolute Gasteiger partial charge is 0.431 e. The maximum absolute atomic E-state index is 13.0. The molecule has 0 N–H and O–H groups in total. The topological polar surface area (TPSA) is 74.0 Å². The van der Waals surface area contributed by atoms with Crippen LogP contribution in [0.1, 0.15) is 37.0 Å². The van der Waals surface area contributed by atoms with Crippen LogP contribution in [0.2, 0.25) is 0 Å². The van der Waals surface area contributed by atoms with Crippen LogP contribution in [0.15, 0.2) is 33.9 Å². The third-order valence-corrected chi connectivity index (χ3v) is 5.05. The van der Waals surface area contributed by atoms with Crippen molar-refractivity contribution in [2.75, 3.05) is 0 Å². The van der Waals surface area contributed by atoms with E-state index in [9.17, 15) is 27.6 Å². The molecule has 0 aliphatic rings. The number of benzene rings is 1. The van der Waals surface area contributed by atoms with Crippen LogP contribution in [0.25, 0.3) is 15.8 Å². The molecule has 3 rings (SSSR count). The Morgan fingerprint density at radius 2 is 1.75 bits per heavy atom. The molecule has 0 amide bonds. The van der Waals surface area contributed by atoms with Gasteiger partial charge in [-0.15, -0.1) is 0 Å². The van der Waals surface area contributed by atoms with Gasteiger partial charge in [0.1, 0.15) is 11.4 Å². The molecule has 1 aromatic carbocycles. The summed E-state index contributed by atoms with van der Waals surface area (Å²) in [6.45, 7) is 5.21. The Kier molecular flexibility index (Phi) is 4.57. The maximum atomic E-state index is 13.0. The number of carbonyl (C=O) groups is 1. The number of aromatic nitrogens is 3. The highest BCUT2D eigenvalue weighted by molar-refractivity contribution is 7.13. The number of hydrogen-bond acceptors (Lipinski definition) is 5. The third-order valence-electron chi connectivity index (χ3n) is 4.22. The van der Waals surface area contributed by atoms with Crippen LogP contribution in [0.4, 0.5) is 13.2 Å².